The molecule has 6 rings (SSSR count). The van der Waals surface area contributed by atoms with Gasteiger partial charge in [0.2, 0.25) is 5.89 Å². The van der Waals surface area contributed by atoms with E-state index < -0.39 is 12.6 Å². The summed E-state index contributed by atoms with van der Waals surface area (Å²) in [6, 6.07) is 31.8. The van der Waals surface area contributed by atoms with Gasteiger partial charge in [0.25, 0.3) is 0 Å². The van der Waals surface area contributed by atoms with Crippen LogP contribution in [0.3, 0.4) is 0 Å². The number of aliphatic carboxylic acids is 1. The summed E-state index contributed by atoms with van der Waals surface area (Å²) in [7, 11) is 0. The number of carboxylic acids is 1. The lowest BCUT2D eigenvalue weighted by Gasteiger charge is -2.13. The van der Waals surface area contributed by atoms with Crippen LogP contribution < -0.4 is 14.2 Å². The summed E-state index contributed by atoms with van der Waals surface area (Å²) in [6.45, 7) is 1.56. The SMILES string of the molecule is Cc1cc(OCc2nc(-c3ccc(OC4CCCC4)cc3)c(-c3ccc(-c4ccccc4)cc3)o2)ccc1OCC(=O)O. The van der Waals surface area contributed by atoms with Crippen molar-refractivity contribution in [3.63, 3.8) is 0 Å². The van der Waals surface area contributed by atoms with E-state index in [2.05, 4.69) is 24.3 Å². The van der Waals surface area contributed by atoms with Gasteiger partial charge in [0.1, 0.15) is 22.9 Å². The second-order valence-electron chi connectivity index (χ2n) is 10.7. The Hall–Kier alpha value is -5.04. The largest absolute Gasteiger partial charge is 0.490 e. The first-order valence-electron chi connectivity index (χ1n) is 14.5. The summed E-state index contributed by atoms with van der Waals surface area (Å²) in [5, 5.41) is 8.88. The zero-order chi connectivity index (χ0) is 29.6. The van der Waals surface area contributed by atoms with Crippen LogP contribution in [0.5, 0.6) is 17.2 Å². The molecular formula is C36H33NO6. The lowest BCUT2D eigenvalue weighted by Crippen LogP contribution is -2.10. The number of aryl methyl sites for hydroxylation is 1. The normalized spacial score (nSPS) is 13.1. The summed E-state index contributed by atoms with van der Waals surface area (Å²) in [4.78, 5) is 15.7. The molecule has 0 atom stereocenters. The topological polar surface area (TPSA) is 91.0 Å². The highest BCUT2D eigenvalue weighted by Gasteiger charge is 2.20. The van der Waals surface area contributed by atoms with E-state index in [0.29, 0.717) is 29.3 Å². The third kappa shape index (κ3) is 6.89. The zero-order valence-electron chi connectivity index (χ0n) is 24.0. The maximum atomic E-state index is 10.8. The molecule has 0 unspecified atom stereocenters. The van der Waals surface area contributed by atoms with Crippen LogP contribution in [0.4, 0.5) is 0 Å². The number of carboxylic acid groups (broad SMARTS) is 1. The molecule has 5 aromatic rings. The first-order chi connectivity index (χ1) is 21.0. The Balaban J connectivity index is 1.25. The van der Waals surface area contributed by atoms with E-state index in [1.54, 1.807) is 18.2 Å². The van der Waals surface area contributed by atoms with Crippen LogP contribution in [0, 0.1) is 6.92 Å². The number of oxazole rings is 1. The molecule has 43 heavy (non-hydrogen) atoms. The van der Waals surface area contributed by atoms with E-state index in [-0.39, 0.29) is 6.61 Å². The van der Waals surface area contributed by atoms with E-state index in [9.17, 15) is 4.79 Å². The highest BCUT2D eigenvalue weighted by Crippen LogP contribution is 2.36. The van der Waals surface area contributed by atoms with Crippen molar-refractivity contribution in [1.29, 1.82) is 0 Å². The van der Waals surface area contributed by atoms with E-state index in [0.717, 1.165) is 52.1 Å². The van der Waals surface area contributed by atoms with Gasteiger partial charge in [-0.3, -0.25) is 0 Å². The lowest BCUT2D eigenvalue weighted by atomic mass is 10.0. The molecule has 0 bridgehead atoms. The Bertz CT molecular complexity index is 1670. The average Bonchev–Trinajstić information content (AvgIpc) is 3.71. The fraction of sp³-hybridized carbons (Fsp3) is 0.222. The minimum Gasteiger partial charge on any atom is -0.490 e. The molecule has 1 aromatic heterocycles. The molecule has 1 N–H and O–H groups in total. The predicted molar refractivity (Wildman–Crippen MR) is 164 cm³/mol. The Kier molecular flexibility index (Phi) is 8.40. The van der Waals surface area contributed by atoms with Gasteiger partial charge in [0, 0.05) is 11.1 Å². The third-order valence-electron chi connectivity index (χ3n) is 7.52. The van der Waals surface area contributed by atoms with Gasteiger partial charge in [-0.2, -0.15) is 0 Å². The average molecular weight is 576 g/mol. The Morgan fingerprint density at radius 1 is 0.814 bits per heavy atom. The van der Waals surface area contributed by atoms with Crippen LogP contribution >= 0.6 is 0 Å². The molecule has 0 radical (unpaired) electrons. The third-order valence-corrected chi connectivity index (χ3v) is 7.52. The number of benzene rings is 4. The molecular weight excluding hydrogens is 542 g/mol. The molecule has 0 amide bonds. The number of ether oxygens (including phenoxy) is 3. The first kappa shape index (κ1) is 28.1. The Morgan fingerprint density at radius 3 is 2.16 bits per heavy atom. The number of rotatable bonds is 11. The van der Waals surface area contributed by atoms with Crippen LogP contribution in [-0.2, 0) is 11.4 Å². The summed E-state index contributed by atoms with van der Waals surface area (Å²) in [6.07, 6.45) is 4.95. The second kappa shape index (κ2) is 12.9. The summed E-state index contributed by atoms with van der Waals surface area (Å²) < 4.78 is 23.8. The number of nitrogens with zero attached hydrogens (tertiary/aromatic N) is 1. The van der Waals surface area contributed by atoms with Gasteiger partial charge in [-0.05, 0) is 91.8 Å². The molecule has 1 heterocycles. The maximum Gasteiger partial charge on any atom is 0.341 e. The van der Waals surface area contributed by atoms with Crippen molar-refractivity contribution < 1.29 is 28.5 Å². The zero-order valence-corrected chi connectivity index (χ0v) is 24.0. The van der Waals surface area contributed by atoms with Crippen molar-refractivity contribution in [3.8, 4) is 51.0 Å². The van der Waals surface area contributed by atoms with Crippen molar-refractivity contribution in [2.75, 3.05) is 6.61 Å². The molecule has 1 aliphatic carbocycles. The number of hydrogen-bond donors (Lipinski definition) is 1. The van der Waals surface area contributed by atoms with Gasteiger partial charge in [-0.15, -0.1) is 0 Å². The summed E-state index contributed by atoms with van der Waals surface area (Å²) >= 11 is 0. The van der Waals surface area contributed by atoms with E-state index in [1.165, 1.54) is 12.8 Å². The minimum atomic E-state index is -1.03. The smallest absolute Gasteiger partial charge is 0.341 e. The fourth-order valence-corrected chi connectivity index (χ4v) is 5.31. The van der Waals surface area contributed by atoms with E-state index >= 15 is 0 Å². The van der Waals surface area contributed by atoms with Crippen molar-refractivity contribution in [1.82, 2.24) is 4.98 Å². The summed E-state index contributed by atoms with van der Waals surface area (Å²) in [5.41, 5.74) is 5.60. The molecule has 1 aliphatic rings. The molecule has 1 fully saturated rings. The molecule has 0 spiro atoms. The quantitative estimate of drug-likeness (QED) is 0.169. The van der Waals surface area contributed by atoms with Crippen molar-refractivity contribution >= 4 is 5.97 Å². The van der Waals surface area contributed by atoms with Crippen molar-refractivity contribution in [2.45, 2.75) is 45.3 Å². The highest BCUT2D eigenvalue weighted by molar-refractivity contribution is 5.78. The van der Waals surface area contributed by atoms with Gasteiger partial charge in [-0.25, -0.2) is 9.78 Å². The van der Waals surface area contributed by atoms with Gasteiger partial charge >= 0.3 is 5.97 Å². The second-order valence-corrected chi connectivity index (χ2v) is 10.7. The Labute approximate surface area is 250 Å². The van der Waals surface area contributed by atoms with Gasteiger partial charge in [0.05, 0.1) is 6.10 Å². The molecule has 0 aliphatic heterocycles. The number of hydrogen-bond acceptors (Lipinski definition) is 6. The number of carbonyl (C=O) groups is 1. The van der Waals surface area contributed by atoms with Gasteiger partial charge in [-0.1, -0.05) is 54.6 Å². The molecule has 7 heteroatoms. The molecule has 0 saturated heterocycles. The molecule has 218 valence electrons. The molecule has 4 aromatic carbocycles. The van der Waals surface area contributed by atoms with E-state index in [1.807, 2.05) is 61.5 Å². The van der Waals surface area contributed by atoms with Gasteiger partial charge in [0.15, 0.2) is 19.0 Å². The molecule has 7 nitrogen and oxygen atoms in total. The standard InChI is InChI=1S/C36H33NO6/c1-24-21-31(19-20-32(24)41-23-34(38)39)40-22-33-37-35(27-15-17-30(18-16-27)42-29-9-5-6-10-29)36(43-33)28-13-11-26(12-14-28)25-7-3-2-4-8-25/h2-4,7-8,11-21,29H,5-6,9-10,22-23H2,1H3,(H,38,39). The predicted octanol–water partition coefficient (Wildman–Crippen LogP) is 8.35. The lowest BCUT2D eigenvalue weighted by molar-refractivity contribution is -0.139. The highest BCUT2D eigenvalue weighted by atomic mass is 16.5. The van der Waals surface area contributed by atoms with Crippen LogP contribution in [0.25, 0.3) is 33.7 Å². The Morgan fingerprint density at radius 2 is 1.47 bits per heavy atom. The van der Waals surface area contributed by atoms with E-state index in [4.69, 9.17) is 28.7 Å². The van der Waals surface area contributed by atoms with Crippen LogP contribution in [0.1, 0.15) is 37.1 Å². The van der Waals surface area contributed by atoms with Crippen molar-refractivity contribution in [3.05, 3.63) is 109 Å². The first-order valence-corrected chi connectivity index (χ1v) is 14.5. The van der Waals surface area contributed by atoms with Crippen molar-refractivity contribution in [2.24, 2.45) is 0 Å². The molecule has 1 saturated carbocycles. The summed E-state index contributed by atoms with van der Waals surface area (Å²) in [5.74, 6) is 2.03. The van der Waals surface area contributed by atoms with Gasteiger partial charge < -0.3 is 23.7 Å². The maximum absolute atomic E-state index is 10.8. The van der Waals surface area contributed by atoms with Crippen LogP contribution in [-0.4, -0.2) is 28.8 Å². The monoisotopic (exact) mass is 575 g/mol. The van der Waals surface area contributed by atoms with Crippen LogP contribution in [0.15, 0.2) is 101 Å². The minimum absolute atomic E-state index is 0.118. The van der Waals surface area contributed by atoms with Crippen LogP contribution in [0.2, 0.25) is 0 Å². The number of aromatic nitrogens is 1. The fourth-order valence-electron chi connectivity index (χ4n) is 5.31.